The van der Waals surface area contributed by atoms with Crippen LogP contribution in [0, 0.1) is 0 Å². The fourth-order valence-corrected chi connectivity index (χ4v) is 2.43. The van der Waals surface area contributed by atoms with E-state index in [-0.39, 0.29) is 18.2 Å². The van der Waals surface area contributed by atoms with E-state index in [0.717, 1.165) is 11.1 Å². The number of hydrogen-bond donors (Lipinski definition) is 2. The number of ether oxygens (including phenoxy) is 2. The molecule has 0 aromatic heterocycles. The lowest BCUT2D eigenvalue weighted by Crippen LogP contribution is -2.31. The summed E-state index contributed by atoms with van der Waals surface area (Å²) in [6.45, 7) is 0. The van der Waals surface area contributed by atoms with Crippen LogP contribution in [0.1, 0.15) is 23.5 Å². The van der Waals surface area contributed by atoms with Gasteiger partial charge in [0.25, 0.3) is 0 Å². The zero-order valence-corrected chi connectivity index (χ0v) is 12.7. The molecule has 5 heteroatoms. The van der Waals surface area contributed by atoms with Crippen LogP contribution in [0.15, 0.2) is 48.5 Å². The van der Waals surface area contributed by atoms with Gasteiger partial charge >= 0.3 is 0 Å². The molecule has 1 amide bonds. The Kier molecular flexibility index (Phi) is 5.38. The van der Waals surface area contributed by atoms with Gasteiger partial charge in [0.15, 0.2) is 11.5 Å². The number of carbonyl (C=O) groups excluding carboxylic acids is 1. The van der Waals surface area contributed by atoms with Crippen LogP contribution in [-0.2, 0) is 4.79 Å². The first-order valence-corrected chi connectivity index (χ1v) is 6.96. The van der Waals surface area contributed by atoms with Crippen molar-refractivity contribution in [2.45, 2.75) is 12.3 Å². The van der Waals surface area contributed by atoms with Crippen molar-refractivity contribution in [2.75, 3.05) is 14.2 Å². The summed E-state index contributed by atoms with van der Waals surface area (Å²) in [7, 11) is 3.18. The van der Waals surface area contributed by atoms with E-state index >= 15 is 0 Å². The van der Waals surface area contributed by atoms with E-state index in [1.165, 1.54) is 0 Å². The number of methoxy groups -OCH3 is 2. The second-order valence-corrected chi connectivity index (χ2v) is 4.85. The van der Waals surface area contributed by atoms with Crippen LogP contribution in [0.3, 0.4) is 0 Å². The Hall–Kier alpha value is -2.53. The van der Waals surface area contributed by atoms with Crippen LogP contribution in [0.5, 0.6) is 11.5 Å². The van der Waals surface area contributed by atoms with Crippen molar-refractivity contribution in [3.8, 4) is 11.5 Å². The first-order chi connectivity index (χ1) is 10.7. The van der Waals surface area contributed by atoms with E-state index in [2.05, 4.69) is 5.43 Å². The van der Waals surface area contributed by atoms with Gasteiger partial charge in [-0.05, 0) is 23.3 Å². The number of carbonyl (C=O) groups is 1. The van der Waals surface area contributed by atoms with Crippen LogP contribution >= 0.6 is 0 Å². The lowest BCUT2D eigenvalue weighted by atomic mass is 9.88. The smallest absolute Gasteiger partial charge is 0.234 e. The highest BCUT2D eigenvalue weighted by atomic mass is 16.5. The van der Waals surface area contributed by atoms with Gasteiger partial charge in [0.05, 0.1) is 14.2 Å². The van der Waals surface area contributed by atoms with E-state index in [1.54, 1.807) is 14.2 Å². The number of benzene rings is 2. The molecule has 1 atom stereocenters. The number of rotatable bonds is 6. The number of nitrogens with two attached hydrogens (primary N) is 1. The van der Waals surface area contributed by atoms with Crippen molar-refractivity contribution in [2.24, 2.45) is 5.84 Å². The number of nitrogens with one attached hydrogen (secondary N) is 1. The largest absolute Gasteiger partial charge is 0.493 e. The summed E-state index contributed by atoms with van der Waals surface area (Å²) < 4.78 is 10.6. The Labute approximate surface area is 130 Å². The van der Waals surface area contributed by atoms with Gasteiger partial charge in [0, 0.05) is 12.3 Å². The minimum atomic E-state index is -0.219. The maximum Gasteiger partial charge on any atom is 0.234 e. The van der Waals surface area contributed by atoms with Gasteiger partial charge in [0.1, 0.15) is 0 Å². The highest BCUT2D eigenvalue weighted by molar-refractivity contribution is 5.77. The van der Waals surface area contributed by atoms with Gasteiger partial charge in [-0.2, -0.15) is 0 Å². The van der Waals surface area contributed by atoms with Gasteiger partial charge in [-0.3, -0.25) is 10.2 Å². The Morgan fingerprint density at radius 1 is 1.05 bits per heavy atom. The van der Waals surface area contributed by atoms with Crippen LogP contribution in [0.25, 0.3) is 0 Å². The summed E-state index contributed by atoms with van der Waals surface area (Å²) in [5.41, 5.74) is 4.20. The average Bonchev–Trinajstić information content (AvgIpc) is 2.59. The van der Waals surface area contributed by atoms with Crippen LogP contribution in [0.2, 0.25) is 0 Å². The van der Waals surface area contributed by atoms with Gasteiger partial charge < -0.3 is 9.47 Å². The molecule has 22 heavy (non-hydrogen) atoms. The van der Waals surface area contributed by atoms with Gasteiger partial charge in [0.2, 0.25) is 5.91 Å². The minimum absolute atomic E-state index is 0.107. The van der Waals surface area contributed by atoms with Crippen molar-refractivity contribution in [3.63, 3.8) is 0 Å². The maximum atomic E-state index is 11.8. The Morgan fingerprint density at radius 3 is 2.32 bits per heavy atom. The lowest BCUT2D eigenvalue weighted by Gasteiger charge is -2.19. The summed E-state index contributed by atoms with van der Waals surface area (Å²) in [5.74, 6) is 6.20. The third kappa shape index (κ3) is 3.56. The first-order valence-electron chi connectivity index (χ1n) is 6.96. The average molecular weight is 300 g/mol. The summed E-state index contributed by atoms with van der Waals surface area (Å²) in [5, 5.41) is 0. The topological polar surface area (TPSA) is 73.6 Å². The third-order valence-electron chi connectivity index (χ3n) is 3.56. The Morgan fingerprint density at radius 2 is 1.73 bits per heavy atom. The highest BCUT2D eigenvalue weighted by Crippen LogP contribution is 2.34. The van der Waals surface area contributed by atoms with E-state index in [0.29, 0.717) is 11.5 Å². The van der Waals surface area contributed by atoms with Crippen LogP contribution < -0.4 is 20.7 Å². The summed E-state index contributed by atoms with van der Waals surface area (Å²) >= 11 is 0. The molecular weight excluding hydrogens is 280 g/mol. The maximum absolute atomic E-state index is 11.8. The first kappa shape index (κ1) is 15.9. The second-order valence-electron chi connectivity index (χ2n) is 4.85. The molecule has 0 spiro atoms. The van der Waals surface area contributed by atoms with E-state index in [1.807, 2.05) is 48.5 Å². The molecule has 2 aromatic rings. The molecule has 0 heterocycles. The normalized spacial score (nSPS) is 11.6. The summed E-state index contributed by atoms with van der Waals surface area (Å²) in [6.07, 6.45) is 0.260. The van der Waals surface area contributed by atoms with Gasteiger partial charge in [-0.25, -0.2) is 5.84 Å². The molecule has 2 rings (SSSR count). The molecule has 0 aliphatic heterocycles. The quantitative estimate of drug-likeness (QED) is 0.487. The predicted octanol–water partition coefficient (Wildman–Crippen LogP) is 2.22. The third-order valence-corrected chi connectivity index (χ3v) is 3.56. The fraction of sp³-hybridized carbons (Fsp3) is 0.235. The Balaban J connectivity index is 2.42. The van der Waals surface area contributed by atoms with E-state index in [4.69, 9.17) is 15.3 Å². The molecular formula is C17H20N2O3. The molecule has 0 radical (unpaired) electrons. The van der Waals surface area contributed by atoms with E-state index < -0.39 is 0 Å². The second kappa shape index (κ2) is 7.47. The van der Waals surface area contributed by atoms with Crippen molar-refractivity contribution < 1.29 is 14.3 Å². The van der Waals surface area contributed by atoms with Crippen LogP contribution in [-0.4, -0.2) is 20.1 Å². The van der Waals surface area contributed by atoms with Crippen molar-refractivity contribution in [1.29, 1.82) is 0 Å². The molecule has 116 valence electrons. The molecule has 1 unspecified atom stereocenters. The zero-order valence-electron chi connectivity index (χ0n) is 12.7. The highest BCUT2D eigenvalue weighted by Gasteiger charge is 2.19. The standard InChI is InChI=1S/C17H20N2O3/c1-21-15-9-8-13(10-16(15)22-2)14(11-17(20)19-18)12-6-4-3-5-7-12/h3-10,14H,11,18H2,1-2H3,(H,19,20). The number of hydrazine groups is 1. The monoisotopic (exact) mass is 300 g/mol. The number of hydrogen-bond acceptors (Lipinski definition) is 4. The van der Waals surface area contributed by atoms with Crippen molar-refractivity contribution in [1.82, 2.24) is 5.43 Å². The Bertz CT molecular complexity index is 629. The molecule has 0 aliphatic carbocycles. The summed E-state index contributed by atoms with van der Waals surface area (Å²) in [6, 6.07) is 15.5. The lowest BCUT2D eigenvalue weighted by molar-refractivity contribution is -0.121. The minimum Gasteiger partial charge on any atom is -0.493 e. The molecule has 5 nitrogen and oxygen atoms in total. The predicted molar refractivity (Wildman–Crippen MR) is 84.8 cm³/mol. The molecule has 0 saturated carbocycles. The number of amides is 1. The molecule has 3 N–H and O–H groups in total. The van der Waals surface area contributed by atoms with Gasteiger partial charge in [-0.1, -0.05) is 36.4 Å². The molecule has 0 fully saturated rings. The molecule has 2 aromatic carbocycles. The van der Waals surface area contributed by atoms with Crippen molar-refractivity contribution in [3.05, 3.63) is 59.7 Å². The fourth-order valence-electron chi connectivity index (χ4n) is 2.43. The summed E-state index contributed by atoms with van der Waals surface area (Å²) in [4.78, 5) is 11.8. The zero-order chi connectivity index (χ0) is 15.9. The van der Waals surface area contributed by atoms with Gasteiger partial charge in [-0.15, -0.1) is 0 Å². The molecule has 0 saturated heterocycles. The molecule has 0 aliphatic rings. The van der Waals surface area contributed by atoms with Crippen molar-refractivity contribution >= 4 is 5.91 Å². The SMILES string of the molecule is COc1ccc(C(CC(=O)NN)c2ccccc2)cc1OC. The van der Waals surface area contributed by atoms with E-state index in [9.17, 15) is 4.79 Å². The molecule has 0 bridgehead atoms. The van der Waals surface area contributed by atoms with Crippen LogP contribution in [0.4, 0.5) is 0 Å².